The summed E-state index contributed by atoms with van der Waals surface area (Å²) in [6, 6.07) is 5.49. The molecule has 3 heteroatoms. The van der Waals surface area contributed by atoms with Gasteiger partial charge >= 0.3 is 0 Å². The van der Waals surface area contributed by atoms with Crippen molar-refractivity contribution in [1.82, 2.24) is 0 Å². The molecule has 1 aromatic rings. The number of hydrogen-bond acceptors (Lipinski definition) is 3. The maximum atomic E-state index is 12.3. The molecule has 1 fully saturated rings. The molecule has 2 aliphatic rings. The molecule has 1 aliphatic heterocycles. The van der Waals surface area contributed by atoms with E-state index in [9.17, 15) is 4.79 Å². The average Bonchev–Trinajstić information content (AvgIpc) is 2.35. The number of carbonyl (C=O) groups excluding carboxylic acids is 1. The normalized spacial score (nSPS) is 28.8. The van der Waals surface area contributed by atoms with Crippen LogP contribution in [0.25, 0.3) is 0 Å². The van der Waals surface area contributed by atoms with Crippen LogP contribution >= 0.6 is 0 Å². The van der Waals surface area contributed by atoms with Gasteiger partial charge in [0.1, 0.15) is 17.1 Å². The van der Waals surface area contributed by atoms with Gasteiger partial charge in [0, 0.05) is 0 Å². The first-order valence-corrected chi connectivity index (χ1v) is 6.93. The van der Waals surface area contributed by atoms with E-state index in [1.54, 1.807) is 13.2 Å². The summed E-state index contributed by atoms with van der Waals surface area (Å²) in [6.07, 6.45) is 2.51. The minimum atomic E-state index is -0.229. The SMILES string of the molecule is COc1ccc2c(c1)C(=O)CC1(CC(C(C)C)C1)O2. The van der Waals surface area contributed by atoms with E-state index in [4.69, 9.17) is 9.47 Å². The van der Waals surface area contributed by atoms with Gasteiger partial charge in [-0.2, -0.15) is 0 Å². The van der Waals surface area contributed by atoms with E-state index in [0.717, 1.165) is 18.6 Å². The van der Waals surface area contributed by atoms with E-state index in [0.29, 0.717) is 29.6 Å². The molecule has 0 aromatic heterocycles. The van der Waals surface area contributed by atoms with Crippen LogP contribution in [0, 0.1) is 11.8 Å². The van der Waals surface area contributed by atoms with Gasteiger partial charge in [-0.15, -0.1) is 0 Å². The van der Waals surface area contributed by atoms with Gasteiger partial charge in [-0.3, -0.25) is 4.79 Å². The lowest BCUT2D eigenvalue weighted by Crippen LogP contribution is -2.53. The number of rotatable bonds is 2. The number of Topliss-reactive ketones (excluding diaryl/α,β-unsaturated/α-hetero) is 1. The van der Waals surface area contributed by atoms with E-state index in [2.05, 4.69) is 13.8 Å². The molecule has 102 valence electrons. The van der Waals surface area contributed by atoms with E-state index in [-0.39, 0.29) is 11.4 Å². The van der Waals surface area contributed by atoms with Gasteiger partial charge in [-0.05, 0) is 42.9 Å². The molecule has 1 spiro atoms. The fraction of sp³-hybridized carbons (Fsp3) is 0.562. The third-order valence-electron chi connectivity index (χ3n) is 4.51. The molecule has 19 heavy (non-hydrogen) atoms. The molecule has 0 radical (unpaired) electrons. The molecule has 3 rings (SSSR count). The average molecular weight is 260 g/mol. The minimum Gasteiger partial charge on any atom is -0.497 e. The fourth-order valence-corrected chi connectivity index (χ4v) is 3.20. The van der Waals surface area contributed by atoms with Crippen molar-refractivity contribution in [3.8, 4) is 11.5 Å². The zero-order valence-corrected chi connectivity index (χ0v) is 11.7. The van der Waals surface area contributed by atoms with Crippen LogP contribution in [0.15, 0.2) is 18.2 Å². The summed E-state index contributed by atoms with van der Waals surface area (Å²) >= 11 is 0. The predicted molar refractivity (Wildman–Crippen MR) is 72.9 cm³/mol. The Bertz CT molecular complexity index is 513. The van der Waals surface area contributed by atoms with E-state index in [1.807, 2.05) is 12.1 Å². The molecule has 0 bridgehead atoms. The van der Waals surface area contributed by atoms with E-state index >= 15 is 0 Å². The Hall–Kier alpha value is -1.51. The lowest BCUT2D eigenvalue weighted by molar-refractivity contribution is -0.0697. The summed E-state index contributed by atoms with van der Waals surface area (Å²) in [5, 5.41) is 0. The molecule has 1 aromatic carbocycles. The maximum absolute atomic E-state index is 12.3. The van der Waals surface area contributed by atoms with Gasteiger partial charge in [-0.1, -0.05) is 13.8 Å². The summed E-state index contributed by atoms with van der Waals surface area (Å²) < 4.78 is 11.3. The highest BCUT2D eigenvalue weighted by Gasteiger charge is 2.51. The number of benzene rings is 1. The number of fused-ring (bicyclic) bond motifs is 1. The molecule has 1 aliphatic carbocycles. The summed E-state index contributed by atoms with van der Waals surface area (Å²) in [7, 11) is 1.61. The molecule has 0 N–H and O–H groups in total. The Morgan fingerprint density at radius 1 is 1.37 bits per heavy atom. The number of ether oxygens (including phenoxy) is 2. The third kappa shape index (κ3) is 2.01. The molecule has 0 amide bonds. The highest BCUT2D eigenvalue weighted by atomic mass is 16.5. The standard InChI is InChI=1S/C16H20O3/c1-10(2)11-7-16(8-11)9-14(17)13-6-12(18-3)4-5-15(13)19-16/h4-6,10-11H,7-9H2,1-3H3. The third-order valence-corrected chi connectivity index (χ3v) is 4.51. The molecular weight excluding hydrogens is 240 g/mol. The van der Waals surface area contributed by atoms with Crippen LogP contribution in [0.4, 0.5) is 0 Å². The number of ketones is 1. The fourth-order valence-electron chi connectivity index (χ4n) is 3.20. The molecule has 0 saturated heterocycles. The monoisotopic (exact) mass is 260 g/mol. The Labute approximate surface area is 113 Å². The van der Waals surface area contributed by atoms with Crippen LogP contribution in [-0.2, 0) is 0 Å². The first-order chi connectivity index (χ1) is 9.03. The van der Waals surface area contributed by atoms with Crippen LogP contribution in [-0.4, -0.2) is 18.5 Å². The quantitative estimate of drug-likeness (QED) is 0.816. The Morgan fingerprint density at radius 3 is 2.74 bits per heavy atom. The summed E-state index contributed by atoms with van der Waals surface area (Å²) in [5.74, 6) is 2.97. The molecule has 0 unspecified atom stereocenters. The minimum absolute atomic E-state index is 0.183. The van der Waals surface area contributed by atoms with Crippen molar-refractivity contribution >= 4 is 5.78 Å². The van der Waals surface area contributed by atoms with Crippen molar-refractivity contribution in [2.45, 2.75) is 38.7 Å². The van der Waals surface area contributed by atoms with Gasteiger partial charge in [0.05, 0.1) is 19.1 Å². The first-order valence-electron chi connectivity index (χ1n) is 6.93. The van der Waals surface area contributed by atoms with Crippen molar-refractivity contribution in [1.29, 1.82) is 0 Å². The van der Waals surface area contributed by atoms with Crippen molar-refractivity contribution in [3.63, 3.8) is 0 Å². The predicted octanol–water partition coefficient (Wildman–Crippen LogP) is 3.47. The highest BCUT2D eigenvalue weighted by Crippen LogP contribution is 2.50. The molecule has 3 nitrogen and oxygen atoms in total. The topological polar surface area (TPSA) is 35.5 Å². The van der Waals surface area contributed by atoms with Crippen LogP contribution in [0.2, 0.25) is 0 Å². The molecular formula is C16H20O3. The second-order valence-corrected chi connectivity index (χ2v) is 6.16. The van der Waals surface area contributed by atoms with Crippen molar-refractivity contribution in [2.24, 2.45) is 11.8 Å². The highest BCUT2D eigenvalue weighted by molar-refractivity contribution is 6.00. The zero-order chi connectivity index (χ0) is 13.6. The second-order valence-electron chi connectivity index (χ2n) is 6.16. The van der Waals surface area contributed by atoms with Gasteiger partial charge in [0.25, 0.3) is 0 Å². The number of methoxy groups -OCH3 is 1. The number of carbonyl (C=O) groups is 1. The zero-order valence-electron chi connectivity index (χ0n) is 11.7. The van der Waals surface area contributed by atoms with Crippen LogP contribution in [0.5, 0.6) is 11.5 Å². The van der Waals surface area contributed by atoms with Crippen molar-refractivity contribution in [2.75, 3.05) is 7.11 Å². The van der Waals surface area contributed by atoms with Crippen molar-refractivity contribution in [3.05, 3.63) is 23.8 Å². The van der Waals surface area contributed by atoms with Crippen LogP contribution in [0.3, 0.4) is 0 Å². The van der Waals surface area contributed by atoms with Gasteiger partial charge in [-0.25, -0.2) is 0 Å². The Balaban J connectivity index is 1.84. The Morgan fingerprint density at radius 2 is 2.11 bits per heavy atom. The van der Waals surface area contributed by atoms with Crippen LogP contribution < -0.4 is 9.47 Å². The Kier molecular flexibility index (Phi) is 2.80. The lowest BCUT2D eigenvalue weighted by atomic mass is 9.63. The van der Waals surface area contributed by atoms with E-state index < -0.39 is 0 Å². The summed E-state index contributed by atoms with van der Waals surface area (Å²) in [4.78, 5) is 12.3. The summed E-state index contributed by atoms with van der Waals surface area (Å²) in [5.41, 5.74) is 0.436. The van der Waals surface area contributed by atoms with Gasteiger partial charge in [0.2, 0.25) is 0 Å². The largest absolute Gasteiger partial charge is 0.497 e. The lowest BCUT2D eigenvalue weighted by Gasteiger charge is -2.50. The van der Waals surface area contributed by atoms with Gasteiger partial charge in [0.15, 0.2) is 5.78 Å². The smallest absolute Gasteiger partial charge is 0.170 e. The van der Waals surface area contributed by atoms with Crippen LogP contribution in [0.1, 0.15) is 43.5 Å². The number of hydrogen-bond donors (Lipinski definition) is 0. The first kappa shape index (κ1) is 12.5. The maximum Gasteiger partial charge on any atom is 0.170 e. The summed E-state index contributed by atoms with van der Waals surface area (Å²) in [6.45, 7) is 4.47. The molecule has 1 saturated carbocycles. The van der Waals surface area contributed by atoms with Crippen molar-refractivity contribution < 1.29 is 14.3 Å². The molecule has 1 heterocycles. The van der Waals surface area contributed by atoms with E-state index in [1.165, 1.54) is 0 Å². The van der Waals surface area contributed by atoms with Gasteiger partial charge < -0.3 is 9.47 Å². The molecule has 0 atom stereocenters. The second kappa shape index (κ2) is 4.26.